The third-order valence-electron chi connectivity index (χ3n) is 5.06. The Morgan fingerprint density at radius 1 is 1.19 bits per heavy atom. The molecule has 9 heteroatoms. The Hall–Kier alpha value is -4.01. The van der Waals surface area contributed by atoms with Crippen LogP contribution in [0.25, 0.3) is 16.6 Å². The number of para-hydroxylation sites is 1. The van der Waals surface area contributed by atoms with Crippen molar-refractivity contribution in [3.63, 3.8) is 0 Å². The molecule has 2 heterocycles. The Labute approximate surface area is 176 Å². The van der Waals surface area contributed by atoms with Gasteiger partial charge in [0.1, 0.15) is 5.82 Å². The van der Waals surface area contributed by atoms with E-state index >= 15 is 0 Å². The topological polar surface area (TPSA) is 111 Å². The highest BCUT2D eigenvalue weighted by Crippen LogP contribution is 2.18. The fraction of sp³-hybridized carbons (Fsp3) is 0.182. The summed E-state index contributed by atoms with van der Waals surface area (Å²) in [5.74, 6) is -2.30. The van der Waals surface area contributed by atoms with Gasteiger partial charge in [0.15, 0.2) is 5.65 Å². The van der Waals surface area contributed by atoms with E-state index in [-0.39, 0.29) is 23.4 Å². The van der Waals surface area contributed by atoms with Crippen molar-refractivity contribution in [2.45, 2.75) is 26.4 Å². The molecule has 1 unspecified atom stereocenters. The molecular weight excluding hydrogens is 401 g/mol. The minimum Gasteiger partial charge on any atom is -0.366 e. The van der Waals surface area contributed by atoms with Gasteiger partial charge in [-0.2, -0.15) is 0 Å². The number of nitrogens with one attached hydrogen (secondary N) is 1. The van der Waals surface area contributed by atoms with Crippen LogP contribution in [-0.4, -0.2) is 32.0 Å². The normalized spacial score (nSPS) is 12.2. The van der Waals surface area contributed by atoms with Gasteiger partial charge in [-0.15, -0.1) is 5.10 Å². The lowest BCUT2D eigenvalue weighted by molar-refractivity contribution is 0.0929. The summed E-state index contributed by atoms with van der Waals surface area (Å²) >= 11 is 0. The predicted octanol–water partition coefficient (Wildman–Crippen LogP) is 2.01. The molecular formula is C22H20FN5O3. The summed E-state index contributed by atoms with van der Waals surface area (Å²) in [7, 11) is 0. The summed E-state index contributed by atoms with van der Waals surface area (Å²) in [5.41, 5.74) is 6.68. The van der Waals surface area contributed by atoms with Crippen LogP contribution < -0.4 is 16.7 Å². The second-order valence-electron chi connectivity index (χ2n) is 7.44. The van der Waals surface area contributed by atoms with E-state index in [0.29, 0.717) is 5.65 Å². The second kappa shape index (κ2) is 7.67. The molecule has 1 atom stereocenters. The number of aromatic nitrogens is 3. The zero-order chi connectivity index (χ0) is 22.3. The number of primary amides is 1. The molecule has 0 saturated heterocycles. The molecule has 0 aliphatic heterocycles. The molecule has 0 bridgehead atoms. The quantitative estimate of drug-likeness (QED) is 0.513. The van der Waals surface area contributed by atoms with Crippen molar-refractivity contribution in [2.75, 3.05) is 0 Å². The Kier molecular flexibility index (Phi) is 5.02. The molecule has 0 aliphatic rings. The van der Waals surface area contributed by atoms with Crippen molar-refractivity contribution in [3.8, 4) is 0 Å². The van der Waals surface area contributed by atoms with Gasteiger partial charge >= 0.3 is 5.69 Å². The van der Waals surface area contributed by atoms with Gasteiger partial charge in [-0.1, -0.05) is 18.2 Å². The molecule has 0 fully saturated rings. The van der Waals surface area contributed by atoms with Gasteiger partial charge in [0.2, 0.25) is 5.91 Å². The van der Waals surface area contributed by atoms with Crippen molar-refractivity contribution in [1.29, 1.82) is 0 Å². The van der Waals surface area contributed by atoms with Gasteiger partial charge in [-0.3, -0.25) is 9.59 Å². The van der Waals surface area contributed by atoms with Gasteiger partial charge in [0.05, 0.1) is 17.6 Å². The number of carbonyl (C=O) groups is 2. The number of pyridine rings is 1. The van der Waals surface area contributed by atoms with Crippen LogP contribution in [0.15, 0.2) is 53.3 Å². The van der Waals surface area contributed by atoms with Crippen LogP contribution in [0.1, 0.15) is 33.2 Å². The van der Waals surface area contributed by atoms with Crippen molar-refractivity contribution in [2.24, 2.45) is 5.73 Å². The third kappa shape index (κ3) is 3.65. The largest absolute Gasteiger partial charge is 0.366 e. The Bertz CT molecular complexity index is 1410. The Morgan fingerprint density at radius 2 is 1.94 bits per heavy atom. The lowest BCUT2D eigenvalue weighted by Gasteiger charge is -2.14. The monoisotopic (exact) mass is 421 g/mol. The number of aryl methyl sites for hydroxylation is 1. The highest BCUT2D eigenvalue weighted by molar-refractivity contribution is 5.97. The second-order valence-corrected chi connectivity index (χ2v) is 7.44. The van der Waals surface area contributed by atoms with Gasteiger partial charge in [0.25, 0.3) is 5.91 Å². The summed E-state index contributed by atoms with van der Waals surface area (Å²) in [6.45, 7) is 3.66. The number of nitrogens with two attached hydrogens (primary N) is 1. The summed E-state index contributed by atoms with van der Waals surface area (Å²) in [4.78, 5) is 36.6. The lowest BCUT2D eigenvalue weighted by atomic mass is 10.1. The first-order valence-electron chi connectivity index (χ1n) is 9.64. The molecule has 3 N–H and O–H groups in total. The van der Waals surface area contributed by atoms with Crippen LogP contribution in [0.2, 0.25) is 0 Å². The maximum Gasteiger partial charge on any atom is 0.350 e. The molecule has 0 saturated carbocycles. The van der Waals surface area contributed by atoms with Crippen molar-refractivity contribution >= 4 is 28.4 Å². The SMILES string of the molecule is Cc1cc2ccccc2n2c(=O)n(CC(C)NC(=O)c3ccc(C(N)=O)cc3F)nc12. The number of benzene rings is 2. The van der Waals surface area contributed by atoms with E-state index in [4.69, 9.17) is 5.73 Å². The zero-order valence-corrected chi connectivity index (χ0v) is 16.9. The fourth-order valence-electron chi connectivity index (χ4n) is 3.57. The van der Waals surface area contributed by atoms with Gasteiger partial charge < -0.3 is 11.1 Å². The molecule has 0 spiro atoms. The molecule has 0 aliphatic carbocycles. The highest BCUT2D eigenvalue weighted by Gasteiger charge is 2.18. The lowest BCUT2D eigenvalue weighted by Crippen LogP contribution is -2.38. The van der Waals surface area contributed by atoms with Crippen LogP contribution >= 0.6 is 0 Å². The van der Waals surface area contributed by atoms with E-state index in [1.54, 1.807) is 11.3 Å². The number of amides is 2. The summed E-state index contributed by atoms with van der Waals surface area (Å²) < 4.78 is 17.0. The molecule has 2 amide bonds. The van der Waals surface area contributed by atoms with E-state index in [1.807, 2.05) is 37.3 Å². The number of fused-ring (bicyclic) bond motifs is 3. The first-order valence-corrected chi connectivity index (χ1v) is 9.64. The van der Waals surface area contributed by atoms with Gasteiger partial charge in [-0.25, -0.2) is 18.3 Å². The first-order chi connectivity index (χ1) is 14.8. The first kappa shape index (κ1) is 20.3. The molecule has 0 radical (unpaired) electrons. The molecule has 158 valence electrons. The van der Waals surface area contributed by atoms with Gasteiger partial charge in [-0.05, 0) is 55.1 Å². The Morgan fingerprint density at radius 3 is 2.65 bits per heavy atom. The summed E-state index contributed by atoms with van der Waals surface area (Å²) in [6, 6.07) is 12.4. The van der Waals surface area contributed by atoms with Crippen LogP contribution in [-0.2, 0) is 6.54 Å². The van der Waals surface area contributed by atoms with E-state index in [1.165, 1.54) is 16.8 Å². The molecule has 4 rings (SSSR count). The zero-order valence-electron chi connectivity index (χ0n) is 16.9. The summed E-state index contributed by atoms with van der Waals surface area (Å²) in [5, 5.41) is 8.00. The predicted molar refractivity (Wildman–Crippen MR) is 114 cm³/mol. The third-order valence-corrected chi connectivity index (χ3v) is 5.06. The molecule has 2 aromatic heterocycles. The smallest absolute Gasteiger partial charge is 0.350 e. The van der Waals surface area contributed by atoms with Crippen molar-refractivity contribution in [1.82, 2.24) is 19.5 Å². The number of hydrogen-bond donors (Lipinski definition) is 2. The number of rotatable bonds is 5. The van der Waals surface area contributed by atoms with E-state index in [9.17, 15) is 18.8 Å². The molecule has 31 heavy (non-hydrogen) atoms. The van der Waals surface area contributed by atoms with Crippen LogP contribution in [0.3, 0.4) is 0 Å². The van der Waals surface area contributed by atoms with E-state index in [0.717, 1.165) is 22.5 Å². The van der Waals surface area contributed by atoms with E-state index in [2.05, 4.69) is 10.4 Å². The number of hydrogen-bond acceptors (Lipinski definition) is 4. The minimum atomic E-state index is -0.854. The molecule has 2 aromatic carbocycles. The average molecular weight is 421 g/mol. The fourth-order valence-corrected chi connectivity index (χ4v) is 3.57. The molecule has 8 nitrogen and oxygen atoms in total. The maximum atomic E-state index is 14.2. The Balaban J connectivity index is 1.60. The molecule has 4 aromatic rings. The van der Waals surface area contributed by atoms with Gasteiger partial charge in [0, 0.05) is 11.6 Å². The minimum absolute atomic E-state index is 0.0269. The maximum absolute atomic E-state index is 14.2. The number of nitrogens with zero attached hydrogens (tertiary/aromatic N) is 3. The van der Waals surface area contributed by atoms with Crippen LogP contribution in [0, 0.1) is 12.7 Å². The number of carbonyl (C=O) groups excluding carboxylic acids is 2. The van der Waals surface area contributed by atoms with Crippen molar-refractivity contribution in [3.05, 3.63) is 81.5 Å². The van der Waals surface area contributed by atoms with Crippen LogP contribution in [0.4, 0.5) is 4.39 Å². The standard InChI is InChI=1S/C22H20FN5O3/c1-12-9-14-5-3-4-6-18(14)28-20(12)26-27(22(28)31)11-13(2)25-21(30)16-8-7-15(19(24)29)10-17(16)23/h3-10,13H,11H2,1-2H3,(H2,24,29)(H,25,30). The highest BCUT2D eigenvalue weighted by atomic mass is 19.1. The average Bonchev–Trinajstić information content (AvgIpc) is 3.04. The van der Waals surface area contributed by atoms with E-state index < -0.39 is 23.7 Å². The van der Waals surface area contributed by atoms with Crippen molar-refractivity contribution < 1.29 is 14.0 Å². The summed E-state index contributed by atoms with van der Waals surface area (Å²) in [6.07, 6.45) is 0. The number of halogens is 1. The van der Waals surface area contributed by atoms with Crippen LogP contribution in [0.5, 0.6) is 0 Å².